The van der Waals surface area contributed by atoms with Crippen LogP contribution in [0.25, 0.3) is 0 Å². The van der Waals surface area contributed by atoms with Crippen molar-refractivity contribution >= 4 is 36.4 Å². The van der Waals surface area contributed by atoms with Gasteiger partial charge in [-0.3, -0.25) is 19.2 Å². The van der Waals surface area contributed by atoms with E-state index in [0.717, 1.165) is 0 Å². The largest absolute Gasteiger partial charge is 0.480 e. The second-order valence-electron chi connectivity index (χ2n) is 3.90. The highest BCUT2D eigenvalue weighted by atomic mass is 32.1. The van der Waals surface area contributed by atoms with E-state index in [4.69, 9.17) is 15.9 Å². The molecule has 6 N–H and O–H groups in total. The fourth-order valence-electron chi connectivity index (χ4n) is 1.16. The minimum Gasteiger partial charge on any atom is -0.480 e. The summed E-state index contributed by atoms with van der Waals surface area (Å²) in [6, 6.07) is -2.15. The van der Waals surface area contributed by atoms with Crippen molar-refractivity contribution < 1.29 is 29.4 Å². The molecule has 2 amide bonds. The van der Waals surface area contributed by atoms with E-state index >= 15 is 0 Å². The van der Waals surface area contributed by atoms with Gasteiger partial charge in [0, 0.05) is 12.2 Å². The number of nitrogens with two attached hydrogens (primary N) is 1. The number of carbonyl (C=O) groups is 4. The van der Waals surface area contributed by atoms with Crippen molar-refractivity contribution in [2.75, 3.05) is 12.3 Å². The lowest BCUT2D eigenvalue weighted by atomic mass is 10.2. The Morgan fingerprint density at radius 2 is 1.80 bits per heavy atom. The lowest BCUT2D eigenvalue weighted by Crippen LogP contribution is -2.49. The number of rotatable bonds is 9. The quantitative estimate of drug-likeness (QED) is 0.208. The molecule has 9 nitrogen and oxygen atoms in total. The van der Waals surface area contributed by atoms with Gasteiger partial charge in [0.25, 0.3) is 0 Å². The van der Waals surface area contributed by atoms with E-state index in [2.05, 4.69) is 23.3 Å². The maximum absolute atomic E-state index is 11.5. The first-order valence-electron chi connectivity index (χ1n) is 5.66. The van der Waals surface area contributed by atoms with Crippen LogP contribution in [-0.2, 0) is 19.2 Å². The SMILES string of the molecule is NC(CCC(=O)NC(CS)C(=O)NCC(=O)O)[13C](=O)O. The van der Waals surface area contributed by atoms with Crippen molar-refractivity contribution in [3.63, 3.8) is 0 Å². The van der Waals surface area contributed by atoms with E-state index in [-0.39, 0.29) is 18.6 Å². The van der Waals surface area contributed by atoms with E-state index in [1.807, 2.05) is 0 Å². The van der Waals surface area contributed by atoms with Gasteiger partial charge >= 0.3 is 11.9 Å². The van der Waals surface area contributed by atoms with Gasteiger partial charge in [-0.1, -0.05) is 0 Å². The van der Waals surface area contributed by atoms with Crippen LogP contribution in [0.5, 0.6) is 0 Å². The third-order valence-electron chi connectivity index (χ3n) is 2.25. The second-order valence-corrected chi connectivity index (χ2v) is 4.26. The highest BCUT2D eigenvalue weighted by Crippen LogP contribution is 1.97. The molecule has 0 saturated heterocycles. The number of aliphatic carboxylic acids is 2. The molecule has 0 spiro atoms. The van der Waals surface area contributed by atoms with E-state index in [0.29, 0.717) is 0 Å². The maximum atomic E-state index is 11.5. The lowest BCUT2D eigenvalue weighted by Gasteiger charge is -2.16. The van der Waals surface area contributed by atoms with Crippen LogP contribution < -0.4 is 16.4 Å². The molecule has 0 rings (SSSR count). The van der Waals surface area contributed by atoms with Crippen molar-refractivity contribution in [1.82, 2.24) is 10.6 Å². The number of amides is 2. The number of hydrogen-bond donors (Lipinski definition) is 6. The van der Waals surface area contributed by atoms with Crippen molar-refractivity contribution in [3.05, 3.63) is 0 Å². The third kappa shape index (κ3) is 7.59. The molecule has 0 fully saturated rings. The molecule has 0 aliphatic rings. The van der Waals surface area contributed by atoms with Gasteiger partial charge in [-0.15, -0.1) is 0 Å². The topological polar surface area (TPSA) is 159 Å². The summed E-state index contributed by atoms with van der Waals surface area (Å²) in [5.41, 5.74) is 5.23. The molecule has 20 heavy (non-hydrogen) atoms. The third-order valence-corrected chi connectivity index (χ3v) is 2.61. The maximum Gasteiger partial charge on any atom is 0.322 e. The number of carboxylic acids is 2. The Morgan fingerprint density at radius 3 is 2.25 bits per heavy atom. The number of carboxylic acid groups (broad SMARTS) is 2. The van der Waals surface area contributed by atoms with Gasteiger partial charge in [-0.05, 0) is 6.42 Å². The predicted molar refractivity (Wildman–Crippen MR) is 71.3 cm³/mol. The minimum absolute atomic E-state index is 0.0256. The Kier molecular flexibility index (Phi) is 8.32. The van der Waals surface area contributed by atoms with Gasteiger partial charge in [-0.2, -0.15) is 12.6 Å². The molecule has 2 atom stereocenters. The van der Waals surface area contributed by atoms with Gasteiger partial charge in [-0.25, -0.2) is 0 Å². The number of carbonyl (C=O) groups excluding carboxylic acids is 2. The number of thiol groups is 1. The Labute approximate surface area is 120 Å². The molecule has 0 bridgehead atoms. The van der Waals surface area contributed by atoms with Crippen LogP contribution in [0.3, 0.4) is 0 Å². The summed E-state index contributed by atoms with van der Waals surface area (Å²) in [6.45, 7) is -0.567. The van der Waals surface area contributed by atoms with E-state index < -0.39 is 42.4 Å². The molecule has 0 aromatic heterocycles. The minimum atomic E-state index is -1.22. The molecule has 0 heterocycles. The highest BCUT2D eigenvalue weighted by Gasteiger charge is 2.20. The zero-order chi connectivity index (χ0) is 15.7. The first kappa shape index (κ1) is 18.2. The number of hydrogen-bond acceptors (Lipinski definition) is 6. The van der Waals surface area contributed by atoms with Crippen LogP contribution in [-0.4, -0.2) is 58.3 Å². The van der Waals surface area contributed by atoms with Gasteiger partial charge in [0.1, 0.15) is 18.6 Å². The second kappa shape index (κ2) is 9.15. The molecule has 114 valence electrons. The van der Waals surface area contributed by atoms with Gasteiger partial charge in [0.15, 0.2) is 0 Å². The predicted octanol–water partition coefficient (Wildman–Crippen LogP) is -2.21. The molecule has 0 saturated carbocycles. The summed E-state index contributed by atoms with van der Waals surface area (Å²) in [4.78, 5) is 43.7. The smallest absolute Gasteiger partial charge is 0.322 e. The van der Waals surface area contributed by atoms with Crippen LogP contribution in [0.2, 0.25) is 0 Å². The fraction of sp³-hybridized carbons (Fsp3) is 0.600. The molecule has 0 aliphatic heterocycles. The van der Waals surface area contributed by atoms with Crippen molar-refractivity contribution in [2.24, 2.45) is 5.73 Å². The summed E-state index contributed by atoms with van der Waals surface area (Å²) < 4.78 is 0. The summed E-state index contributed by atoms with van der Waals surface area (Å²) in [5.74, 6) is -3.70. The van der Waals surface area contributed by atoms with Crippen molar-refractivity contribution in [2.45, 2.75) is 24.9 Å². The Hall–Kier alpha value is -1.81. The zero-order valence-electron chi connectivity index (χ0n) is 10.5. The molecule has 2 unspecified atom stereocenters. The first-order chi connectivity index (χ1) is 9.27. The van der Waals surface area contributed by atoms with Gasteiger partial charge in [0.05, 0.1) is 0 Å². The van der Waals surface area contributed by atoms with Crippen LogP contribution in [0.15, 0.2) is 0 Å². The average molecular weight is 308 g/mol. The van der Waals surface area contributed by atoms with E-state index in [1.165, 1.54) is 0 Å². The molecular formula is C10H17N3O6S. The van der Waals surface area contributed by atoms with Crippen LogP contribution in [0.1, 0.15) is 12.8 Å². The zero-order valence-corrected chi connectivity index (χ0v) is 11.4. The molecule has 0 aromatic carbocycles. The molecule has 0 aliphatic carbocycles. The van der Waals surface area contributed by atoms with Gasteiger partial charge < -0.3 is 26.6 Å². The van der Waals surface area contributed by atoms with E-state index in [9.17, 15) is 19.2 Å². The standard InChI is InChI=1S/C10H17N3O6S/c11-5(10(18)19)1-2-7(14)13-6(4-20)9(17)12-3-8(15)16/h5-6,20H,1-4,11H2,(H,12,17)(H,13,14)(H,15,16)(H,18,19)/i10+1. The average Bonchev–Trinajstić information content (AvgIpc) is 2.38. The summed E-state index contributed by atoms with van der Waals surface area (Å²) >= 11 is 3.87. The molecule has 10 heteroatoms. The highest BCUT2D eigenvalue weighted by molar-refractivity contribution is 7.80. The molecule has 0 radical (unpaired) electrons. The van der Waals surface area contributed by atoms with Crippen molar-refractivity contribution in [1.29, 1.82) is 0 Å². The summed E-state index contributed by atoms with van der Waals surface area (Å²) in [5, 5.41) is 21.4. The number of nitrogens with one attached hydrogen (secondary N) is 2. The first-order valence-corrected chi connectivity index (χ1v) is 6.29. The van der Waals surface area contributed by atoms with Crippen LogP contribution >= 0.6 is 12.6 Å². The Bertz CT molecular complexity index is 389. The van der Waals surface area contributed by atoms with Crippen molar-refractivity contribution in [3.8, 4) is 0 Å². The summed E-state index contributed by atoms with van der Waals surface area (Å²) in [6.07, 6.45) is -0.235. The van der Waals surface area contributed by atoms with E-state index in [1.54, 1.807) is 0 Å². The molecule has 0 aromatic rings. The van der Waals surface area contributed by atoms with Crippen LogP contribution in [0.4, 0.5) is 0 Å². The lowest BCUT2D eigenvalue weighted by molar-refractivity contribution is -0.139. The fourth-order valence-corrected chi connectivity index (χ4v) is 1.41. The molecular weight excluding hydrogens is 291 g/mol. The summed E-state index contributed by atoms with van der Waals surface area (Å²) in [7, 11) is 0. The van der Waals surface area contributed by atoms with Gasteiger partial charge in [0.2, 0.25) is 11.8 Å². The Balaban J connectivity index is 4.21. The monoisotopic (exact) mass is 308 g/mol. The van der Waals surface area contributed by atoms with Crippen LogP contribution in [0, 0.1) is 0 Å². The normalized spacial score (nSPS) is 13.1. The Morgan fingerprint density at radius 1 is 1.20 bits per heavy atom.